The molecule has 0 amide bonds. The van der Waals surface area contributed by atoms with Crippen LogP contribution < -0.4 is 0 Å². The molecule has 1 aliphatic rings. The van der Waals surface area contributed by atoms with E-state index in [-0.39, 0.29) is 0 Å². The molecule has 1 aliphatic heterocycles. The number of carboxylic acid groups (broad SMARTS) is 1. The van der Waals surface area contributed by atoms with Crippen LogP contribution in [-0.2, 0) is 11.0 Å². The predicted octanol–water partition coefficient (Wildman–Crippen LogP) is 4.13. The maximum absolute atomic E-state index is 12.9. The molecule has 1 saturated heterocycles. The van der Waals surface area contributed by atoms with Crippen molar-refractivity contribution in [3.8, 4) is 0 Å². The number of hydrogen-bond donors (Lipinski definition) is 1. The molecule has 2 heterocycles. The van der Waals surface area contributed by atoms with Gasteiger partial charge in [0.15, 0.2) is 0 Å². The number of likely N-dealkylation sites (tertiary alicyclic amines) is 1. The Kier molecular flexibility index (Phi) is 5.27. The lowest BCUT2D eigenvalue weighted by Gasteiger charge is -2.39. The van der Waals surface area contributed by atoms with Gasteiger partial charge in [-0.1, -0.05) is 24.6 Å². The summed E-state index contributed by atoms with van der Waals surface area (Å²) in [6.07, 6.45) is -0.637. The van der Waals surface area contributed by atoms with Gasteiger partial charge < -0.3 is 5.11 Å². The van der Waals surface area contributed by atoms with E-state index < -0.39 is 29.8 Å². The maximum Gasteiger partial charge on any atom is 0.416 e. The van der Waals surface area contributed by atoms with Gasteiger partial charge in [0.05, 0.1) is 17.3 Å². The zero-order valence-corrected chi connectivity index (χ0v) is 14.0. The third kappa shape index (κ3) is 3.88. The number of benzene rings is 1. The summed E-state index contributed by atoms with van der Waals surface area (Å²) < 4.78 is 38.6. The van der Waals surface area contributed by atoms with Crippen LogP contribution in [-0.4, -0.2) is 33.5 Å². The number of carbonyl (C=O) groups is 1. The van der Waals surface area contributed by atoms with Crippen LogP contribution in [0.15, 0.2) is 48.7 Å². The van der Waals surface area contributed by atoms with E-state index in [1.54, 1.807) is 24.4 Å². The molecule has 0 aliphatic carbocycles. The number of aromatic nitrogens is 1. The summed E-state index contributed by atoms with van der Waals surface area (Å²) in [4.78, 5) is 17.9. The molecular weight excluding hydrogens is 345 g/mol. The second kappa shape index (κ2) is 7.45. The van der Waals surface area contributed by atoms with E-state index in [1.165, 1.54) is 12.1 Å². The minimum absolute atomic E-state index is 0.500. The first-order valence-electron chi connectivity index (χ1n) is 8.44. The monoisotopic (exact) mass is 364 g/mol. The van der Waals surface area contributed by atoms with Crippen molar-refractivity contribution in [1.29, 1.82) is 0 Å². The van der Waals surface area contributed by atoms with E-state index >= 15 is 0 Å². The molecule has 0 saturated carbocycles. The lowest BCUT2D eigenvalue weighted by molar-refractivity contribution is -0.145. The van der Waals surface area contributed by atoms with E-state index in [0.29, 0.717) is 24.2 Å². The third-order valence-corrected chi connectivity index (χ3v) is 4.68. The fraction of sp³-hybridized carbons (Fsp3) is 0.368. The predicted molar refractivity (Wildman–Crippen MR) is 89.5 cm³/mol. The van der Waals surface area contributed by atoms with E-state index in [1.807, 2.05) is 4.90 Å². The van der Waals surface area contributed by atoms with Crippen molar-refractivity contribution in [1.82, 2.24) is 9.88 Å². The molecule has 4 nitrogen and oxygen atoms in total. The van der Waals surface area contributed by atoms with Gasteiger partial charge in [0.2, 0.25) is 0 Å². The van der Waals surface area contributed by atoms with Crippen LogP contribution in [0.2, 0.25) is 0 Å². The summed E-state index contributed by atoms with van der Waals surface area (Å²) in [7, 11) is 0. The Hall–Kier alpha value is -2.41. The van der Waals surface area contributed by atoms with Gasteiger partial charge in [0, 0.05) is 6.20 Å². The van der Waals surface area contributed by atoms with Crippen molar-refractivity contribution in [2.45, 2.75) is 37.5 Å². The Morgan fingerprint density at radius 3 is 2.46 bits per heavy atom. The highest BCUT2D eigenvalue weighted by Gasteiger charge is 2.36. The first kappa shape index (κ1) is 18.4. The molecule has 26 heavy (non-hydrogen) atoms. The van der Waals surface area contributed by atoms with Crippen molar-refractivity contribution in [2.24, 2.45) is 0 Å². The molecule has 0 spiro atoms. The van der Waals surface area contributed by atoms with Crippen LogP contribution in [0.5, 0.6) is 0 Å². The Morgan fingerprint density at radius 1 is 1.15 bits per heavy atom. The largest absolute Gasteiger partial charge is 0.480 e. The number of aliphatic carboxylic acids is 1. The molecule has 3 rings (SSSR count). The summed E-state index contributed by atoms with van der Waals surface area (Å²) >= 11 is 0. The van der Waals surface area contributed by atoms with Crippen LogP contribution in [0, 0.1) is 0 Å². The lowest BCUT2D eigenvalue weighted by Crippen LogP contribution is -2.47. The van der Waals surface area contributed by atoms with Crippen molar-refractivity contribution >= 4 is 5.97 Å². The van der Waals surface area contributed by atoms with Crippen molar-refractivity contribution in [3.63, 3.8) is 0 Å². The molecule has 0 bridgehead atoms. The number of alkyl halides is 3. The fourth-order valence-corrected chi connectivity index (χ4v) is 3.45. The van der Waals surface area contributed by atoms with Crippen LogP contribution in [0.25, 0.3) is 0 Å². The van der Waals surface area contributed by atoms with Crippen LogP contribution in [0.4, 0.5) is 13.2 Å². The normalized spacial score (nSPS) is 19.9. The van der Waals surface area contributed by atoms with Crippen LogP contribution >= 0.6 is 0 Å². The van der Waals surface area contributed by atoms with Gasteiger partial charge in [-0.05, 0) is 49.2 Å². The Labute approximate surface area is 149 Å². The fourth-order valence-electron chi connectivity index (χ4n) is 3.45. The van der Waals surface area contributed by atoms with Gasteiger partial charge in [-0.15, -0.1) is 0 Å². The molecule has 1 fully saturated rings. The number of carboxylic acids is 1. The molecule has 0 radical (unpaired) electrons. The smallest absolute Gasteiger partial charge is 0.416 e. The first-order chi connectivity index (χ1) is 12.4. The van der Waals surface area contributed by atoms with Gasteiger partial charge in [-0.3, -0.25) is 14.7 Å². The number of halogens is 3. The summed E-state index contributed by atoms with van der Waals surface area (Å²) in [5.41, 5.74) is 0.500. The standard InChI is InChI=1S/C19H19F3N2O2/c20-19(21,22)14-9-7-13(8-10-14)17(15-5-1-3-11-23-15)24-12-4-2-6-16(24)18(25)26/h1,3,5,7-11,16-17H,2,4,6,12H2,(H,25,26). The minimum atomic E-state index is -4.41. The molecule has 2 aromatic rings. The molecule has 1 aromatic heterocycles. The zero-order valence-electron chi connectivity index (χ0n) is 14.0. The molecule has 2 atom stereocenters. The van der Waals surface area contributed by atoms with Crippen molar-refractivity contribution in [3.05, 3.63) is 65.5 Å². The number of nitrogens with zero attached hydrogens (tertiary/aromatic N) is 2. The molecule has 138 valence electrons. The van der Waals surface area contributed by atoms with E-state index in [4.69, 9.17) is 0 Å². The van der Waals surface area contributed by atoms with E-state index in [2.05, 4.69) is 4.98 Å². The highest BCUT2D eigenvalue weighted by atomic mass is 19.4. The SMILES string of the molecule is O=C(O)C1CCCCN1C(c1ccc(C(F)(F)F)cc1)c1ccccn1. The van der Waals surface area contributed by atoms with Crippen molar-refractivity contribution in [2.75, 3.05) is 6.54 Å². The Bertz CT molecular complexity index is 748. The highest BCUT2D eigenvalue weighted by molar-refractivity contribution is 5.73. The Morgan fingerprint density at radius 2 is 1.88 bits per heavy atom. The Balaban J connectivity index is 2.03. The van der Waals surface area contributed by atoms with Gasteiger partial charge in [0.1, 0.15) is 6.04 Å². The summed E-state index contributed by atoms with van der Waals surface area (Å²) in [5, 5.41) is 9.59. The summed E-state index contributed by atoms with van der Waals surface area (Å²) in [6, 6.07) is 9.02. The summed E-state index contributed by atoms with van der Waals surface area (Å²) in [5.74, 6) is -0.919. The van der Waals surface area contributed by atoms with Gasteiger partial charge in [-0.2, -0.15) is 13.2 Å². The molecule has 1 N–H and O–H groups in total. The molecule has 2 unspecified atom stereocenters. The lowest BCUT2D eigenvalue weighted by atomic mass is 9.93. The second-order valence-electron chi connectivity index (χ2n) is 6.36. The number of piperidine rings is 1. The van der Waals surface area contributed by atoms with E-state index in [9.17, 15) is 23.1 Å². The second-order valence-corrected chi connectivity index (χ2v) is 6.36. The third-order valence-electron chi connectivity index (χ3n) is 4.68. The zero-order chi connectivity index (χ0) is 18.7. The molecule has 7 heteroatoms. The highest BCUT2D eigenvalue weighted by Crippen LogP contribution is 2.35. The molecule has 1 aromatic carbocycles. The average molecular weight is 364 g/mol. The molecular formula is C19H19F3N2O2. The van der Waals surface area contributed by atoms with E-state index in [0.717, 1.165) is 25.0 Å². The van der Waals surface area contributed by atoms with Crippen LogP contribution in [0.3, 0.4) is 0 Å². The first-order valence-corrected chi connectivity index (χ1v) is 8.44. The average Bonchev–Trinajstić information content (AvgIpc) is 2.63. The quantitative estimate of drug-likeness (QED) is 0.886. The van der Waals surface area contributed by atoms with Gasteiger partial charge in [-0.25, -0.2) is 0 Å². The number of hydrogen-bond acceptors (Lipinski definition) is 3. The number of rotatable bonds is 4. The van der Waals surface area contributed by atoms with Gasteiger partial charge >= 0.3 is 12.1 Å². The maximum atomic E-state index is 12.9. The summed E-state index contributed by atoms with van der Waals surface area (Å²) in [6.45, 7) is 0.555. The number of pyridine rings is 1. The minimum Gasteiger partial charge on any atom is -0.480 e. The van der Waals surface area contributed by atoms with Gasteiger partial charge in [0.25, 0.3) is 0 Å². The topological polar surface area (TPSA) is 53.4 Å². The van der Waals surface area contributed by atoms with Crippen LogP contribution in [0.1, 0.15) is 42.1 Å². The van der Waals surface area contributed by atoms with Crippen molar-refractivity contribution < 1.29 is 23.1 Å².